The van der Waals surface area contributed by atoms with Gasteiger partial charge in [0.2, 0.25) is 5.88 Å². The number of ether oxygens (including phenoxy) is 2. The van der Waals surface area contributed by atoms with E-state index in [0.29, 0.717) is 31.0 Å². The van der Waals surface area contributed by atoms with Crippen LogP contribution in [-0.4, -0.2) is 53.4 Å². The van der Waals surface area contributed by atoms with E-state index in [1.807, 2.05) is 43.3 Å². The molecule has 1 N–H and O–H groups in total. The number of nitrogens with zero attached hydrogens (tertiary/aromatic N) is 4. The fraction of sp³-hybridized carbons (Fsp3) is 0.400. The van der Waals surface area contributed by atoms with E-state index in [0.717, 1.165) is 34.2 Å². The molecule has 1 aliphatic rings. The molecule has 0 unspecified atom stereocenters. The zero-order valence-electron chi connectivity index (χ0n) is 19.6. The molecule has 1 fully saturated rings. The molecule has 34 heavy (non-hydrogen) atoms. The van der Waals surface area contributed by atoms with Gasteiger partial charge in [-0.05, 0) is 48.2 Å². The topological polar surface area (TPSA) is 88.7 Å². The lowest BCUT2D eigenvalue weighted by atomic mass is 10.0. The van der Waals surface area contributed by atoms with Gasteiger partial charge in [0.25, 0.3) is 0 Å². The molecule has 1 aromatic heterocycles. The Morgan fingerprint density at radius 2 is 1.97 bits per heavy atom. The third kappa shape index (κ3) is 5.48. The Labute approximate surface area is 207 Å². The molecule has 1 amide bonds. The standard InChI is InChI=1S/C25H29BrN4O4/c1-16(2)19-6-4-17(3)12-22(19)34-14-23(31)27-28-24-20-13-18(26)5-7-21(20)30(25(24)32)15-29-8-10-33-11-9-29/h4-7,12-13,16,32H,8-11,14-15H2,1-3H3. The predicted octanol–water partition coefficient (Wildman–Crippen LogP) is 5.52. The zero-order chi connectivity index (χ0) is 24.2. The van der Waals surface area contributed by atoms with Gasteiger partial charge in [0.1, 0.15) is 5.75 Å². The number of fused-ring (bicyclic) bond motifs is 1. The maximum absolute atomic E-state index is 12.5. The van der Waals surface area contributed by atoms with E-state index in [4.69, 9.17) is 9.47 Å². The van der Waals surface area contributed by atoms with Crippen molar-refractivity contribution in [3.05, 3.63) is 52.0 Å². The number of rotatable bonds is 7. The normalized spacial score (nSPS) is 15.0. The smallest absolute Gasteiger partial charge is 0.302 e. The minimum atomic E-state index is -0.528. The van der Waals surface area contributed by atoms with Crippen LogP contribution in [0.25, 0.3) is 10.9 Å². The molecule has 4 rings (SSSR count). The van der Waals surface area contributed by atoms with Crippen molar-refractivity contribution in [1.29, 1.82) is 0 Å². The highest BCUT2D eigenvalue weighted by atomic mass is 79.9. The molecule has 0 atom stereocenters. The van der Waals surface area contributed by atoms with E-state index < -0.39 is 5.91 Å². The van der Waals surface area contributed by atoms with Gasteiger partial charge in [-0.1, -0.05) is 41.9 Å². The number of aromatic hydroxyl groups is 1. The van der Waals surface area contributed by atoms with Gasteiger partial charge >= 0.3 is 5.91 Å². The molecule has 0 radical (unpaired) electrons. The maximum atomic E-state index is 12.5. The average molecular weight is 529 g/mol. The number of morpholine rings is 1. The van der Waals surface area contributed by atoms with Crippen LogP contribution in [0.5, 0.6) is 11.6 Å². The summed E-state index contributed by atoms with van der Waals surface area (Å²) in [5.74, 6) is 0.380. The Morgan fingerprint density at radius 1 is 1.21 bits per heavy atom. The number of hydrogen-bond acceptors (Lipinski definition) is 6. The Kier molecular flexibility index (Phi) is 7.65. The molecule has 9 heteroatoms. The van der Waals surface area contributed by atoms with E-state index in [9.17, 15) is 9.90 Å². The summed E-state index contributed by atoms with van der Waals surface area (Å²) in [6, 6.07) is 11.6. The van der Waals surface area contributed by atoms with Crippen LogP contribution in [0.1, 0.15) is 30.9 Å². The first-order valence-electron chi connectivity index (χ1n) is 11.3. The number of carbonyl (C=O) groups is 1. The lowest BCUT2D eigenvalue weighted by Crippen LogP contribution is -2.37. The summed E-state index contributed by atoms with van der Waals surface area (Å²) in [5, 5.41) is 19.7. The second-order valence-electron chi connectivity index (χ2n) is 8.71. The van der Waals surface area contributed by atoms with Gasteiger partial charge in [-0.2, -0.15) is 0 Å². The van der Waals surface area contributed by atoms with Gasteiger partial charge in [0.15, 0.2) is 12.3 Å². The molecule has 1 aliphatic heterocycles. The first-order valence-corrected chi connectivity index (χ1v) is 12.1. The summed E-state index contributed by atoms with van der Waals surface area (Å²) in [5.41, 5.74) is 3.16. The van der Waals surface area contributed by atoms with E-state index in [1.165, 1.54) is 0 Å². The third-order valence-corrected chi connectivity index (χ3v) is 6.31. The van der Waals surface area contributed by atoms with Crippen molar-refractivity contribution in [2.45, 2.75) is 33.4 Å². The lowest BCUT2D eigenvalue weighted by Gasteiger charge is -2.27. The maximum Gasteiger partial charge on any atom is 0.302 e. The van der Waals surface area contributed by atoms with Crippen LogP contribution in [-0.2, 0) is 16.2 Å². The molecular weight excluding hydrogens is 500 g/mol. The second kappa shape index (κ2) is 10.7. The van der Waals surface area contributed by atoms with Crippen LogP contribution in [0, 0.1) is 6.92 Å². The monoisotopic (exact) mass is 528 g/mol. The highest BCUT2D eigenvalue weighted by molar-refractivity contribution is 9.10. The molecule has 0 spiro atoms. The average Bonchev–Trinajstić information content (AvgIpc) is 3.06. The number of amides is 1. The van der Waals surface area contributed by atoms with Crippen molar-refractivity contribution in [3.8, 4) is 11.6 Å². The van der Waals surface area contributed by atoms with Gasteiger partial charge in [-0.3, -0.25) is 14.3 Å². The molecule has 1 saturated heterocycles. The second-order valence-corrected chi connectivity index (χ2v) is 9.63. The van der Waals surface area contributed by atoms with Crippen LogP contribution < -0.4 is 4.74 Å². The van der Waals surface area contributed by atoms with Crippen LogP contribution in [0.2, 0.25) is 0 Å². The molecule has 180 valence electrons. The summed E-state index contributed by atoms with van der Waals surface area (Å²) in [6.07, 6.45) is 0. The summed E-state index contributed by atoms with van der Waals surface area (Å²) in [6.45, 7) is 9.26. The van der Waals surface area contributed by atoms with Crippen LogP contribution in [0.4, 0.5) is 5.69 Å². The van der Waals surface area contributed by atoms with Crippen molar-refractivity contribution in [2.75, 3.05) is 32.9 Å². The van der Waals surface area contributed by atoms with Crippen molar-refractivity contribution in [3.63, 3.8) is 0 Å². The first-order chi connectivity index (χ1) is 16.3. The molecule has 8 nitrogen and oxygen atoms in total. The SMILES string of the molecule is Cc1ccc(C(C)C)c(OCC(=O)N=Nc2c(O)n(CN3CCOCC3)c3ccc(Br)cc23)c1. The Bertz CT molecular complexity index is 1220. The van der Waals surface area contributed by atoms with Crippen LogP contribution in [0.3, 0.4) is 0 Å². The van der Waals surface area contributed by atoms with Crippen LogP contribution in [0.15, 0.2) is 51.1 Å². The van der Waals surface area contributed by atoms with Crippen LogP contribution >= 0.6 is 15.9 Å². The number of carbonyl (C=O) groups excluding carboxylic acids is 1. The summed E-state index contributed by atoms with van der Waals surface area (Å²) >= 11 is 3.48. The highest BCUT2D eigenvalue weighted by Gasteiger charge is 2.20. The lowest BCUT2D eigenvalue weighted by molar-refractivity contribution is -0.120. The minimum absolute atomic E-state index is 0.0298. The van der Waals surface area contributed by atoms with Crippen molar-refractivity contribution >= 4 is 38.4 Å². The number of aryl methyl sites for hydroxylation is 1. The van der Waals surface area contributed by atoms with E-state index >= 15 is 0 Å². The first kappa shape index (κ1) is 24.4. The summed E-state index contributed by atoms with van der Waals surface area (Å²) < 4.78 is 13.8. The summed E-state index contributed by atoms with van der Waals surface area (Å²) in [7, 11) is 0. The number of halogens is 1. The largest absolute Gasteiger partial charge is 0.493 e. The van der Waals surface area contributed by atoms with E-state index in [1.54, 1.807) is 4.57 Å². The van der Waals surface area contributed by atoms with Gasteiger partial charge in [0.05, 0.1) is 25.4 Å². The highest BCUT2D eigenvalue weighted by Crippen LogP contribution is 2.40. The minimum Gasteiger partial charge on any atom is -0.493 e. The molecule has 0 aliphatic carbocycles. The van der Waals surface area contributed by atoms with Gasteiger partial charge in [0, 0.05) is 22.9 Å². The number of aromatic nitrogens is 1. The molecular formula is C25H29BrN4O4. The van der Waals surface area contributed by atoms with Crippen molar-refractivity contribution < 1.29 is 19.4 Å². The van der Waals surface area contributed by atoms with Gasteiger partial charge in [-0.25, -0.2) is 0 Å². The Balaban J connectivity index is 1.55. The molecule has 0 saturated carbocycles. The fourth-order valence-corrected chi connectivity index (χ4v) is 4.36. The quantitative estimate of drug-likeness (QED) is 0.407. The molecule has 2 aromatic carbocycles. The molecule has 0 bridgehead atoms. The number of benzene rings is 2. The molecule has 2 heterocycles. The zero-order valence-corrected chi connectivity index (χ0v) is 21.2. The predicted molar refractivity (Wildman–Crippen MR) is 134 cm³/mol. The van der Waals surface area contributed by atoms with E-state index in [-0.39, 0.29) is 24.1 Å². The van der Waals surface area contributed by atoms with Crippen molar-refractivity contribution in [2.24, 2.45) is 10.2 Å². The van der Waals surface area contributed by atoms with Gasteiger partial charge in [-0.15, -0.1) is 10.2 Å². The summed E-state index contributed by atoms with van der Waals surface area (Å²) in [4.78, 5) is 14.7. The fourth-order valence-electron chi connectivity index (χ4n) is 4.00. The number of hydrogen-bond donors (Lipinski definition) is 1. The molecule has 3 aromatic rings. The Morgan fingerprint density at radius 3 is 2.71 bits per heavy atom. The van der Waals surface area contributed by atoms with E-state index in [2.05, 4.69) is 44.9 Å². The van der Waals surface area contributed by atoms with Gasteiger partial charge < -0.3 is 14.6 Å². The Hall–Kier alpha value is -2.75. The third-order valence-electron chi connectivity index (χ3n) is 5.82. The number of azo groups is 1. The van der Waals surface area contributed by atoms with Crippen molar-refractivity contribution in [1.82, 2.24) is 9.47 Å².